The molecule has 5 nitrogen and oxygen atoms in total. The summed E-state index contributed by atoms with van der Waals surface area (Å²) in [4.78, 5) is 7.31. The van der Waals surface area contributed by atoms with E-state index in [0.717, 1.165) is 30.4 Å². The summed E-state index contributed by atoms with van der Waals surface area (Å²) in [6.07, 6.45) is 2.51. The molecule has 1 unspecified atom stereocenters. The van der Waals surface area contributed by atoms with E-state index >= 15 is 0 Å². The molecule has 0 bridgehead atoms. The average molecular weight is 357 g/mol. The normalized spacial score (nSPS) is 18.6. The zero-order valence-corrected chi connectivity index (χ0v) is 16.3. The summed E-state index contributed by atoms with van der Waals surface area (Å²) in [5.41, 5.74) is 2.13. The molecule has 1 aliphatic heterocycles. The molecule has 5 heteroatoms. The molecule has 1 aliphatic rings. The van der Waals surface area contributed by atoms with E-state index < -0.39 is 0 Å². The Hall–Kier alpha value is -2.01. The van der Waals surface area contributed by atoms with Gasteiger partial charge in [0, 0.05) is 30.6 Å². The third-order valence-electron chi connectivity index (χ3n) is 5.14. The second kappa shape index (κ2) is 9.08. The van der Waals surface area contributed by atoms with E-state index in [9.17, 15) is 0 Å². The molecule has 1 saturated heterocycles. The van der Waals surface area contributed by atoms with E-state index in [1.54, 1.807) is 0 Å². The Balaban J connectivity index is 1.59. The molecule has 2 aromatic rings. The largest absolute Gasteiger partial charge is 0.459 e. The highest BCUT2D eigenvalue weighted by Crippen LogP contribution is 2.25. The van der Waals surface area contributed by atoms with Crippen LogP contribution in [-0.4, -0.2) is 43.6 Å². The van der Waals surface area contributed by atoms with Crippen molar-refractivity contribution in [3.8, 4) is 0 Å². The van der Waals surface area contributed by atoms with Gasteiger partial charge in [0.2, 0.25) is 0 Å². The summed E-state index contributed by atoms with van der Waals surface area (Å²) in [5.74, 6) is 2.53. The zero-order chi connectivity index (χ0) is 18.4. The monoisotopic (exact) mass is 356 g/mol. The van der Waals surface area contributed by atoms with Gasteiger partial charge in [-0.2, -0.15) is 0 Å². The number of furan rings is 1. The highest BCUT2D eigenvalue weighted by Gasteiger charge is 2.21. The predicted molar refractivity (Wildman–Crippen MR) is 109 cm³/mol. The minimum absolute atomic E-state index is 0.558. The van der Waals surface area contributed by atoms with Crippen molar-refractivity contribution in [1.29, 1.82) is 0 Å². The molecule has 1 fully saturated rings. The van der Waals surface area contributed by atoms with Crippen molar-refractivity contribution in [2.45, 2.75) is 40.2 Å². The van der Waals surface area contributed by atoms with Crippen molar-refractivity contribution in [2.24, 2.45) is 10.9 Å². The maximum Gasteiger partial charge on any atom is 0.191 e. The Morgan fingerprint density at radius 3 is 2.88 bits per heavy atom. The van der Waals surface area contributed by atoms with E-state index in [-0.39, 0.29) is 0 Å². The van der Waals surface area contributed by atoms with Crippen LogP contribution < -0.4 is 10.6 Å². The first-order valence-electron chi connectivity index (χ1n) is 9.92. The van der Waals surface area contributed by atoms with Crippen molar-refractivity contribution in [1.82, 2.24) is 15.5 Å². The van der Waals surface area contributed by atoms with E-state index in [1.165, 1.54) is 43.4 Å². The Labute approximate surface area is 156 Å². The van der Waals surface area contributed by atoms with E-state index in [2.05, 4.69) is 42.4 Å². The molecule has 26 heavy (non-hydrogen) atoms. The molecule has 0 radical (unpaired) electrons. The third kappa shape index (κ3) is 4.58. The van der Waals surface area contributed by atoms with Crippen LogP contribution in [0.4, 0.5) is 0 Å². The fourth-order valence-corrected chi connectivity index (χ4v) is 3.71. The van der Waals surface area contributed by atoms with E-state index in [0.29, 0.717) is 12.5 Å². The van der Waals surface area contributed by atoms with Crippen molar-refractivity contribution >= 4 is 16.9 Å². The second-order valence-electron chi connectivity index (χ2n) is 7.18. The lowest BCUT2D eigenvalue weighted by molar-refractivity contribution is 0.324. The highest BCUT2D eigenvalue weighted by atomic mass is 16.3. The molecule has 1 atom stereocenters. The summed E-state index contributed by atoms with van der Waals surface area (Å²) in [5, 5.41) is 8.05. The quantitative estimate of drug-likeness (QED) is 0.589. The third-order valence-corrected chi connectivity index (χ3v) is 5.14. The van der Waals surface area contributed by atoms with Crippen molar-refractivity contribution in [3.63, 3.8) is 0 Å². The molecule has 142 valence electrons. The van der Waals surface area contributed by atoms with Crippen LogP contribution in [0.1, 0.15) is 38.0 Å². The number of rotatable bonds is 7. The molecule has 2 N–H and O–H groups in total. The summed E-state index contributed by atoms with van der Waals surface area (Å²) in [6, 6.07) is 8.18. The Kier molecular flexibility index (Phi) is 6.56. The summed E-state index contributed by atoms with van der Waals surface area (Å²) in [7, 11) is 0. The first-order chi connectivity index (χ1) is 12.7. The van der Waals surface area contributed by atoms with Gasteiger partial charge in [-0.3, -0.25) is 0 Å². The topological polar surface area (TPSA) is 52.8 Å². The second-order valence-corrected chi connectivity index (χ2v) is 7.18. The summed E-state index contributed by atoms with van der Waals surface area (Å²) < 4.78 is 5.98. The van der Waals surface area contributed by atoms with E-state index in [4.69, 9.17) is 9.41 Å². The van der Waals surface area contributed by atoms with Gasteiger partial charge >= 0.3 is 0 Å². The van der Waals surface area contributed by atoms with E-state index in [1.807, 2.05) is 18.2 Å². The maximum absolute atomic E-state index is 5.98. The predicted octanol–water partition coefficient (Wildman–Crippen LogP) is 3.53. The number of para-hydroxylation sites is 1. The van der Waals surface area contributed by atoms with Crippen LogP contribution in [0.15, 0.2) is 33.7 Å². The van der Waals surface area contributed by atoms with Gasteiger partial charge in [0.15, 0.2) is 5.96 Å². The van der Waals surface area contributed by atoms with Crippen molar-refractivity contribution < 1.29 is 4.42 Å². The number of hydrogen-bond donors (Lipinski definition) is 2. The van der Waals surface area contributed by atoms with Crippen LogP contribution in [0, 0.1) is 12.8 Å². The van der Waals surface area contributed by atoms with Crippen LogP contribution >= 0.6 is 0 Å². The molecular weight excluding hydrogens is 324 g/mol. The number of aliphatic imine (C=N–C) groups is 1. The zero-order valence-electron chi connectivity index (χ0n) is 16.3. The first kappa shape index (κ1) is 18.8. The van der Waals surface area contributed by atoms with Gasteiger partial charge in [-0.15, -0.1) is 0 Å². The molecule has 0 saturated carbocycles. The Bertz CT molecular complexity index is 737. The lowest BCUT2D eigenvalue weighted by Gasteiger charge is -2.16. The lowest BCUT2D eigenvalue weighted by atomic mass is 10.1. The van der Waals surface area contributed by atoms with Gasteiger partial charge in [-0.1, -0.05) is 25.1 Å². The summed E-state index contributed by atoms with van der Waals surface area (Å²) >= 11 is 0. The molecular formula is C21H32N4O. The number of benzene rings is 1. The minimum atomic E-state index is 0.558. The molecule has 0 spiro atoms. The van der Waals surface area contributed by atoms with Gasteiger partial charge in [-0.25, -0.2) is 4.99 Å². The van der Waals surface area contributed by atoms with Crippen LogP contribution in [0.3, 0.4) is 0 Å². The maximum atomic E-state index is 5.98. The number of guanidine groups is 1. The summed E-state index contributed by atoms with van der Waals surface area (Å²) in [6.45, 7) is 12.5. The van der Waals surface area contributed by atoms with Crippen LogP contribution in [0.5, 0.6) is 0 Å². The standard InChI is InChI=1S/C21H32N4O/c1-4-11-25-12-10-17(15-25)13-23-21(22-5-2)24-14-20-16(3)18-8-6-7-9-19(18)26-20/h6-9,17H,4-5,10-15H2,1-3H3,(H2,22,23,24). The molecule has 0 aliphatic carbocycles. The molecule has 1 aromatic heterocycles. The number of aryl methyl sites for hydroxylation is 1. The van der Waals surface area contributed by atoms with Crippen LogP contribution in [0.25, 0.3) is 11.0 Å². The van der Waals surface area contributed by atoms with Gasteiger partial charge in [-0.05, 0) is 51.8 Å². The minimum Gasteiger partial charge on any atom is -0.459 e. The van der Waals surface area contributed by atoms with Gasteiger partial charge in [0.25, 0.3) is 0 Å². The molecule has 0 amide bonds. The number of nitrogens with one attached hydrogen (secondary N) is 2. The fourth-order valence-electron chi connectivity index (χ4n) is 3.71. The van der Waals surface area contributed by atoms with Gasteiger partial charge in [0.1, 0.15) is 17.9 Å². The SMILES string of the molecule is CCCN1CCC(CNC(=NCc2oc3ccccc3c2C)NCC)C1. The smallest absolute Gasteiger partial charge is 0.191 e. The Morgan fingerprint density at radius 1 is 1.27 bits per heavy atom. The first-order valence-corrected chi connectivity index (χ1v) is 9.92. The average Bonchev–Trinajstić information content (AvgIpc) is 3.23. The van der Waals surface area contributed by atoms with Crippen molar-refractivity contribution in [2.75, 3.05) is 32.7 Å². The van der Waals surface area contributed by atoms with Gasteiger partial charge in [0.05, 0.1) is 0 Å². The van der Waals surface area contributed by atoms with Crippen LogP contribution in [-0.2, 0) is 6.54 Å². The molecule has 2 heterocycles. The lowest BCUT2D eigenvalue weighted by Crippen LogP contribution is -2.40. The van der Waals surface area contributed by atoms with Crippen LogP contribution in [0.2, 0.25) is 0 Å². The fraction of sp³-hybridized carbons (Fsp3) is 0.571. The Morgan fingerprint density at radius 2 is 2.12 bits per heavy atom. The molecule has 3 rings (SSSR count). The number of nitrogens with zero attached hydrogens (tertiary/aromatic N) is 2. The number of hydrogen-bond acceptors (Lipinski definition) is 3. The number of fused-ring (bicyclic) bond motifs is 1. The molecule has 1 aromatic carbocycles. The highest BCUT2D eigenvalue weighted by molar-refractivity contribution is 5.82. The number of likely N-dealkylation sites (tertiary alicyclic amines) is 1. The van der Waals surface area contributed by atoms with Crippen molar-refractivity contribution in [3.05, 3.63) is 35.6 Å². The van der Waals surface area contributed by atoms with Gasteiger partial charge < -0.3 is 20.0 Å².